The maximum absolute atomic E-state index is 13.5. The van der Waals surface area contributed by atoms with E-state index in [-0.39, 0.29) is 25.0 Å². The van der Waals surface area contributed by atoms with Crippen molar-refractivity contribution in [2.24, 2.45) is 5.41 Å². The molecule has 4 fully saturated rings. The molecule has 5 aliphatic rings. The molecule has 0 saturated carbocycles. The van der Waals surface area contributed by atoms with Crippen molar-refractivity contribution < 1.29 is 19.1 Å². The Labute approximate surface area is 164 Å². The van der Waals surface area contributed by atoms with Crippen molar-refractivity contribution >= 4 is 33.4 Å². The second kappa shape index (κ2) is 5.06. The van der Waals surface area contributed by atoms with E-state index in [2.05, 4.69) is 6.07 Å². The van der Waals surface area contributed by atoms with Crippen molar-refractivity contribution in [1.82, 2.24) is 9.80 Å². The first-order chi connectivity index (χ1) is 12.8. The largest absolute Gasteiger partial charge is 0.454 e. The van der Waals surface area contributed by atoms with Crippen molar-refractivity contribution in [3.8, 4) is 17.6 Å². The summed E-state index contributed by atoms with van der Waals surface area (Å²) in [6, 6.07) is 7.35. The molecule has 1 spiro atoms. The number of hydrogen-bond acceptors (Lipinski definition) is 7. The highest BCUT2D eigenvalue weighted by Gasteiger charge is 2.74. The summed E-state index contributed by atoms with van der Waals surface area (Å²) in [7, 11) is 4.49. The molecule has 1 unspecified atom stereocenters. The molecule has 0 aliphatic carbocycles. The van der Waals surface area contributed by atoms with Crippen LogP contribution in [0.1, 0.15) is 31.9 Å². The van der Waals surface area contributed by atoms with Crippen LogP contribution in [0.3, 0.4) is 0 Å². The Morgan fingerprint density at radius 1 is 1.19 bits per heavy atom. The summed E-state index contributed by atoms with van der Waals surface area (Å²) in [6.45, 7) is 3.75. The summed E-state index contributed by atoms with van der Waals surface area (Å²) >= 11 is 0. The highest BCUT2D eigenvalue weighted by molar-refractivity contribution is 8.78. The Bertz CT molecular complexity index is 949. The maximum atomic E-state index is 13.5. The fourth-order valence-electron chi connectivity index (χ4n) is 4.50. The predicted molar refractivity (Wildman–Crippen MR) is 99.6 cm³/mol. The van der Waals surface area contributed by atoms with Crippen LogP contribution < -0.4 is 9.47 Å². The molecule has 6 rings (SSSR count). The van der Waals surface area contributed by atoms with E-state index in [4.69, 9.17) is 9.47 Å². The lowest BCUT2D eigenvalue weighted by Crippen LogP contribution is -2.73. The summed E-state index contributed by atoms with van der Waals surface area (Å²) in [5, 5.41) is 10.0. The van der Waals surface area contributed by atoms with E-state index in [1.54, 1.807) is 24.9 Å². The summed E-state index contributed by atoms with van der Waals surface area (Å²) in [4.78, 5) is 27.9. The Hall–Kier alpha value is -2.05. The van der Waals surface area contributed by atoms with Crippen molar-refractivity contribution in [2.75, 3.05) is 13.8 Å². The van der Waals surface area contributed by atoms with Crippen LogP contribution in [-0.4, -0.2) is 45.2 Å². The fraction of sp³-hybridized carbons (Fsp3) is 0.500. The number of ether oxygens (including phenoxy) is 2. The lowest BCUT2D eigenvalue weighted by molar-refractivity contribution is -0.164. The highest BCUT2D eigenvalue weighted by Crippen LogP contribution is 2.69. The number of nitriles is 1. The second-order valence-electron chi connectivity index (χ2n) is 7.69. The third kappa shape index (κ3) is 1.85. The van der Waals surface area contributed by atoms with Gasteiger partial charge in [0.2, 0.25) is 6.79 Å². The van der Waals surface area contributed by atoms with Gasteiger partial charge in [-0.05, 0) is 31.5 Å². The van der Waals surface area contributed by atoms with E-state index < -0.39 is 21.2 Å². The van der Waals surface area contributed by atoms with Crippen LogP contribution in [0.15, 0.2) is 18.2 Å². The topological polar surface area (TPSA) is 82.9 Å². The van der Waals surface area contributed by atoms with Crippen LogP contribution in [0.2, 0.25) is 0 Å². The first-order valence-corrected chi connectivity index (χ1v) is 10.7. The van der Waals surface area contributed by atoms with E-state index in [1.807, 2.05) is 19.1 Å². The molecule has 4 saturated heterocycles. The Kier molecular flexibility index (Phi) is 3.20. The molecule has 140 valence electrons. The summed E-state index contributed by atoms with van der Waals surface area (Å²) in [5.41, 5.74) is -0.117. The second-order valence-corrected chi connectivity index (χ2v) is 10.5. The molecular weight excluding hydrogens is 386 g/mol. The summed E-state index contributed by atoms with van der Waals surface area (Å²) < 4.78 is 10.9. The first kappa shape index (κ1) is 17.1. The summed E-state index contributed by atoms with van der Waals surface area (Å²) in [6.07, 6.45) is 0.290. The molecule has 1 aromatic rings. The van der Waals surface area contributed by atoms with E-state index >= 15 is 0 Å². The third-order valence-electron chi connectivity index (χ3n) is 6.06. The van der Waals surface area contributed by atoms with Gasteiger partial charge in [-0.25, -0.2) is 0 Å². The number of piperazine rings is 1. The molecule has 4 atom stereocenters. The highest BCUT2D eigenvalue weighted by atomic mass is 33.1. The number of fused-ring (bicyclic) bond motifs is 3. The smallest absolute Gasteiger partial charge is 0.261 e. The number of nitrogens with zero attached hydrogens (tertiary/aromatic N) is 3. The molecule has 2 amide bonds. The standard InChI is InChI=1S/C18H17N3O4S2/c1-16(8-19)7-18-15(23)20(3)17(2,26-27-18)14(22)21(18)13(16)10-4-5-11-12(6-10)25-9-24-11/h4-6,13H,7,9H2,1-3H3/t13?,16-,17-,18-/m1/s1. The van der Waals surface area contributed by atoms with Gasteiger partial charge in [0.25, 0.3) is 11.8 Å². The van der Waals surface area contributed by atoms with Crippen LogP contribution in [0.25, 0.3) is 0 Å². The number of carbonyl (C=O) groups is 2. The molecule has 1 aromatic carbocycles. The lowest BCUT2D eigenvalue weighted by atomic mass is 9.79. The quantitative estimate of drug-likeness (QED) is 0.666. The van der Waals surface area contributed by atoms with E-state index in [0.717, 1.165) is 5.56 Å². The minimum Gasteiger partial charge on any atom is -0.454 e. The maximum Gasteiger partial charge on any atom is 0.261 e. The van der Waals surface area contributed by atoms with Crippen LogP contribution in [0, 0.1) is 16.7 Å². The average Bonchev–Trinajstić information content (AvgIpc) is 3.23. The molecule has 0 N–H and O–H groups in total. The van der Waals surface area contributed by atoms with Gasteiger partial charge < -0.3 is 19.3 Å². The van der Waals surface area contributed by atoms with Gasteiger partial charge in [0.1, 0.15) is 0 Å². The number of likely N-dealkylation sites (N-methyl/N-ethyl adjacent to an activating group) is 1. The zero-order valence-corrected chi connectivity index (χ0v) is 16.6. The van der Waals surface area contributed by atoms with E-state index in [0.29, 0.717) is 11.5 Å². The van der Waals surface area contributed by atoms with Gasteiger partial charge in [0.15, 0.2) is 21.2 Å². The van der Waals surface area contributed by atoms with Gasteiger partial charge in [-0.3, -0.25) is 9.59 Å². The minimum absolute atomic E-state index is 0.113. The monoisotopic (exact) mass is 403 g/mol. The zero-order valence-electron chi connectivity index (χ0n) is 15.0. The fourth-order valence-corrected chi connectivity index (χ4v) is 8.08. The van der Waals surface area contributed by atoms with Gasteiger partial charge in [-0.1, -0.05) is 27.7 Å². The molecule has 9 heteroatoms. The Balaban J connectivity index is 1.71. The van der Waals surface area contributed by atoms with Gasteiger partial charge in [-0.15, -0.1) is 0 Å². The normalized spacial score (nSPS) is 39.0. The van der Waals surface area contributed by atoms with Gasteiger partial charge >= 0.3 is 0 Å². The average molecular weight is 403 g/mol. The number of carbonyl (C=O) groups excluding carboxylic acids is 2. The zero-order chi connectivity index (χ0) is 19.2. The lowest BCUT2D eigenvalue weighted by Gasteiger charge is -2.57. The van der Waals surface area contributed by atoms with E-state index in [1.165, 1.54) is 26.5 Å². The van der Waals surface area contributed by atoms with Gasteiger partial charge in [0.05, 0.1) is 17.5 Å². The number of amides is 2. The van der Waals surface area contributed by atoms with Gasteiger partial charge in [-0.2, -0.15) is 5.26 Å². The molecular formula is C18H17N3O4S2. The van der Waals surface area contributed by atoms with Crippen LogP contribution in [0.4, 0.5) is 0 Å². The molecule has 0 aromatic heterocycles. The van der Waals surface area contributed by atoms with Crippen LogP contribution >= 0.6 is 21.6 Å². The molecule has 27 heavy (non-hydrogen) atoms. The molecule has 2 bridgehead atoms. The number of hydrogen-bond donors (Lipinski definition) is 0. The van der Waals surface area contributed by atoms with Crippen molar-refractivity contribution in [3.63, 3.8) is 0 Å². The van der Waals surface area contributed by atoms with Crippen LogP contribution in [0.5, 0.6) is 11.5 Å². The molecule has 7 nitrogen and oxygen atoms in total. The third-order valence-corrected chi connectivity index (χ3v) is 9.76. The Morgan fingerprint density at radius 2 is 1.93 bits per heavy atom. The SMILES string of the molecule is CN1C(=O)[C@]23C[C@](C)(C#N)C(c4ccc5c(c4)OCO5)N2C(=O)[C@@]1(C)SS3. The predicted octanol–water partition coefficient (Wildman–Crippen LogP) is 2.50. The number of benzene rings is 1. The molecule has 5 aliphatic heterocycles. The van der Waals surface area contributed by atoms with Crippen LogP contribution in [-0.2, 0) is 9.59 Å². The van der Waals surface area contributed by atoms with Gasteiger partial charge in [0, 0.05) is 13.5 Å². The van der Waals surface area contributed by atoms with Crippen molar-refractivity contribution in [1.29, 1.82) is 5.26 Å². The summed E-state index contributed by atoms with van der Waals surface area (Å²) in [5.74, 6) is 0.998. The molecule has 5 heterocycles. The first-order valence-electron chi connectivity index (χ1n) is 8.56. The van der Waals surface area contributed by atoms with Crippen molar-refractivity contribution in [3.05, 3.63) is 23.8 Å². The minimum atomic E-state index is -1.06. The van der Waals surface area contributed by atoms with E-state index in [9.17, 15) is 14.9 Å². The number of rotatable bonds is 1. The molecule has 0 radical (unpaired) electrons. The Morgan fingerprint density at radius 3 is 2.67 bits per heavy atom. The van der Waals surface area contributed by atoms with Crippen molar-refractivity contribution in [2.45, 2.75) is 36.1 Å².